The number of hydrogen-bond donors (Lipinski definition) is 1. The monoisotopic (exact) mass is 308 g/mol. The predicted molar refractivity (Wildman–Crippen MR) is 84.9 cm³/mol. The fourth-order valence-corrected chi connectivity index (χ4v) is 2.18. The lowest BCUT2D eigenvalue weighted by molar-refractivity contribution is 0.257. The van der Waals surface area contributed by atoms with E-state index in [-0.39, 0.29) is 6.03 Å². The molecule has 104 valence electrons. The summed E-state index contributed by atoms with van der Waals surface area (Å²) in [6.07, 6.45) is 0. The first-order valence-corrected chi connectivity index (χ1v) is 6.96. The van der Waals surface area contributed by atoms with Crippen LogP contribution in [-0.2, 0) is 0 Å². The minimum absolute atomic E-state index is 0.247. The average molecular weight is 309 g/mol. The number of nitrogens with zero attached hydrogens (tertiary/aromatic N) is 1. The zero-order valence-corrected chi connectivity index (χ0v) is 12.4. The molecule has 0 saturated heterocycles. The van der Waals surface area contributed by atoms with Gasteiger partial charge in [0.1, 0.15) is 0 Å². The number of hydrogen-bond acceptors (Lipinski definition) is 1. The highest BCUT2D eigenvalue weighted by Gasteiger charge is 2.15. The Hall–Kier alpha value is -1.71. The van der Waals surface area contributed by atoms with Crippen molar-refractivity contribution in [3.63, 3.8) is 0 Å². The first kappa shape index (κ1) is 14.7. The second-order valence-corrected chi connectivity index (χ2v) is 4.90. The van der Waals surface area contributed by atoms with E-state index in [4.69, 9.17) is 23.2 Å². The molecule has 0 aromatic heterocycles. The summed E-state index contributed by atoms with van der Waals surface area (Å²) in [5.41, 5.74) is 1.32. The van der Waals surface area contributed by atoms with Crippen molar-refractivity contribution in [1.82, 2.24) is 0 Å². The second-order valence-electron chi connectivity index (χ2n) is 4.11. The summed E-state index contributed by atoms with van der Waals surface area (Å²) >= 11 is 12.0. The minimum Gasteiger partial charge on any atom is -0.306 e. The number of carbonyl (C=O) groups excluding carboxylic acids is 1. The van der Waals surface area contributed by atoms with Gasteiger partial charge < -0.3 is 5.32 Å². The number of urea groups is 1. The molecule has 0 aliphatic heterocycles. The molecule has 0 radical (unpaired) electrons. The predicted octanol–water partition coefficient (Wildman–Crippen LogP) is 5.05. The Balaban J connectivity index is 2.20. The second kappa shape index (κ2) is 6.64. The van der Waals surface area contributed by atoms with E-state index in [1.807, 2.05) is 37.3 Å². The average Bonchev–Trinajstić information content (AvgIpc) is 2.46. The van der Waals surface area contributed by atoms with E-state index in [1.54, 1.807) is 23.1 Å². The molecule has 1 N–H and O–H groups in total. The van der Waals surface area contributed by atoms with E-state index in [9.17, 15) is 4.79 Å². The van der Waals surface area contributed by atoms with Gasteiger partial charge in [-0.2, -0.15) is 0 Å². The van der Waals surface area contributed by atoms with Crippen molar-refractivity contribution in [2.75, 3.05) is 16.8 Å². The van der Waals surface area contributed by atoms with Crippen molar-refractivity contribution in [3.05, 3.63) is 58.6 Å². The van der Waals surface area contributed by atoms with Gasteiger partial charge in [0.25, 0.3) is 0 Å². The standard InChI is InChI=1S/C15H14Cl2N2O/c1-2-19(11-7-4-3-5-8-11)15(20)18-13-10-6-9-12(16)14(13)17/h3-10H,2H2,1H3,(H,18,20). The van der Waals surface area contributed by atoms with Crippen LogP contribution < -0.4 is 10.2 Å². The van der Waals surface area contributed by atoms with E-state index in [2.05, 4.69) is 5.32 Å². The van der Waals surface area contributed by atoms with Gasteiger partial charge in [-0.05, 0) is 31.2 Å². The molecule has 0 saturated carbocycles. The van der Waals surface area contributed by atoms with Crippen molar-refractivity contribution in [2.45, 2.75) is 6.92 Å². The Bertz CT molecular complexity index is 602. The van der Waals surface area contributed by atoms with Crippen LogP contribution in [0, 0.1) is 0 Å². The molecule has 2 amide bonds. The topological polar surface area (TPSA) is 32.3 Å². The number of amides is 2. The lowest BCUT2D eigenvalue weighted by Gasteiger charge is -2.21. The van der Waals surface area contributed by atoms with Crippen LogP contribution >= 0.6 is 23.2 Å². The molecular formula is C15H14Cl2N2O. The highest BCUT2D eigenvalue weighted by atomic mass is 35.5. The van der Waals surface area contributed by atoms with Crippen LogP contribution in [0.3, 0.4) is 0 Å². The molecular weight excluding hydrogens is 295 g/mol. The fourth-order valence-electron chi connectivity index (χ4n) is 1.83. The maximum atomic E-state index is 12.3. The van der Waals surface area contributed by atoms with E-state index >= 15 is 0 Å². The summed E-state index contributed by atoms with van der Waals surface area (Å²) < 4.78 is 0. The number of benzene rings is 2. The van der Waals surface area contributed by atoms with Crippen LogP contribution in [-0.4, -0.2) is 12.6 Å². The molecule has 2 aromatic carbocycles. The fraction of sp³-hybridized carbons (Fsp3) is 0.133. The summed E-state index contributed by atoms with van der Waals surface area (Å²) in [5, 5.41) is 3.52. The van der Waals surface area contributed by atoms with Crippen molar-refractivity contribution < 1.29 is 4.79 Å². The molecule has 5 heteroatoms. The van der Waals surface area contributed by atoms with Crippen LogP contribution in [0.2, 0.25) is 10.0 Å². The maximum Gasteiger partial charge on any atom is 0.326 e. The lowest BCUT2D eigenvalue weighted by atomic mass is 10.3. The van der Waals surface area contributed by atoms with Gasteiger partial charge in [-0.15, -0.1) is 0 Å². The largest absolute Gasteiger partial charge is 0.326 e. The van der Waals surface area contributed by atoms with Crippen LogP contribution in [0.1, 0.15) is 6.92 Å². The van der Waals surface area contributed by atoms with Crippen molar-refractivity contribution in [1.29, 1.82) is 0 Å². The first-order chi connectivity index (χ1) is 9.63. The zero-order valence-electron chi connectivity index (χ0n) is 10.9. The van der Waals surface area contributed by atoms with Gasteiger partial charge in [-0.1, -0.05) is 47.5 Å². The summed E-state index contributed by atoms with van der Waals surface area (Å²) in [5.74, 6) is 0. The summed E-state index contributed by atoms with van der Waals surface area (Å²) in [6, 6.07) is 14.3. The molecule has 2 rings (SSSR count). The van der Waals surface area contributed by atoms with Crippen molar-refractivity contribution in [2.24, 2.45) is 0 Å². The minimum atomic E-state index is -0.247. The number of nitrogens with one attached hydrogen (secondary N) is 1. The lowest BCUT2D eigenvalue weighted by Crippen LogP contribution is -2.34. The third-order valence-electron chi connectivity index (χ3n) is 2.82. The maximum absolute atomic E-state index is 12.3. The Kier molecular flexibility index (Phi) is 4.88. The van der Waals surface area contributed by atoms with Crippen LogP contribution in [0.4, 0.5) is 16.2 Å². The Morgan fingerprint density at radius 1 is 1.10 bits per heavy atom. The van der Waals surface area contributed by atoms with E-state index < -0.39 is 0 Å². The quantitative estimate of drug-likeness (QED) is 0.845. The van der Waals surface area contributed by atoms with E-state index in [0.29, 0.717) is 22.3 Å². The molecule has 2 aromatic rings. The van der Waals surface area contributed by atoms with Crippen molar-refractivity contribution in [3.8, 4) is 0 Å². The highest BCUT2D eigenvalue weighted by Crippen LogP contribution is 2.30. The normalized spacial score (nSPS) is 10.2. The Morgan fingerprint density at radius 3 is 2.45 bits per heavy atom. The summed E-state index contributed by atoms with van der Waals surface area (Å²) in [7, 11) is 0. The third kappa shape index (κ3) is 3.24. The third-order valence-corrected chi connectivity index (χ3v) is 3.64. The number of anilines is 2. The van der Waals surface area contributed by atoms with Gasteiger partial charge in [0.05, 0.1) is 15.7 Å². The molecule has 0 heterocycles. The first-order valence-electron chi connectivity index (χ1n) is 6.21. The molecule has 0 aliphatic carbocycles. The number of rotatable bonds is 3. The smallest absolute Gasteiger partial charge is 0.306 e. The zero-order chi connectivity index (χ0) is 14.5. The number of carbonyl (C=O) groups is 1. The van der Waals surface area contributed by atoms with Gasteiger partial charge in [-0.3, -0.25) is 4.90 Å². The molecule has 0 spiro atoms. The van der Waals surface area contributed by atoms with Gasteiger partial charge in [-0.25, -0.2) is 4.79 Å². The number of halogens is 2. The number of para-hydroxylation sites is 1. The van der Waals surface area contributed by atoms with Gasteiger partial charge in [0.2, 0.25) is 0 Å². The van der Waals surface area contributed by atoms with Crippen LogP contribution in [0.25, 0.3) is 0 Å². The summed E-state index contributed by atoms with van der Waals surface area (Å²) in [4.78, 5) is 13.9. The van der Waals surface area contributed by atoms with Crippen molar-refractivity contribution >= 4 is 40.6 Å². The molecule has 0 aliphatic rings. The van der Waals surface area contributed by atoms with Gasteiger partial charge >= 0.3 is 6.03 Å². The van der Waals surface area contributed by atoms with E-state index in [1.165, 1.54) is 0 Å². The molecule has 0 fully saturated rings. The Morgan fingerprint density at radius 2 is 1.80 bits per heavy atom. The highest BCUT2D eigenvalue weighted by molar-refractivity contribution is 6.44. The summed E-state index contributed by atoms with van der Waals surface area (Å²) in [6.45, 7) is 2.46. The molecule has 0 bridgehead atoms. The van der Waals surface area contributed by atoms with E-state index in [0.717, 1.165) is 5.69 Å². The molecule has 20 heavy (non-hydrogen) atoms. The van der Waals surface area contributed by atoms with Gasteiger partial charge in [0, 0.05) is 12.2 Å². The van der Waals surface area contributed by atoms with Gasteiger partial charge in [0.15, 0.2) is 0 Å². The SMILES string of the molecule is CCN(C(=O)Nc1cccc(Cl)c1Cl)c1ccccc1. The van der Waals surface area contributed by atoms with Crippen LogP contribution in [0.5, 0.6) is 0 Å². The Labute approximate surface area is 128 Å². The molecule has 0 unspecified atom stereocenters. The molecule has 3 nitrogen and oxygen atoms in total. The molecule has 0 atom stereocenters. The van der Waals surface area contributed by atoms with Crippen LogP contribution in [0.15, 0.2) is 48.5 Å².